The Morgan fingerprint density at radius 2 is 0.714 bits per heavy atom. The Bertz CT molecular complexity index is 8.90. The van der Waals surface area contributed by atoms with Gasteiger partial charge in [0.2, 0.25) is 0 Å². The van der Waals surface area contributed by atoms with Crippen molar-refractivity contribution in [1.82, 2.24) is 0 Å². The van der Waals surface area contributed by atoms with Gasteiger partial charge >= 0.3 is 4.96 Å². The second-order valence-corrected chi connectivity index (χ2v) is 2.23. The highest BCUT2D eigenvalue weighted by molar-refractivity contribution is 7.54. The minimum absolute atomic E-state index is 0. The number of hydrogen-bond acceptors (Lipinski definition) is 0. The summed E-state index contributed by atoms with van der Waals surface area (Å²) in [4.78, 5) is -0.750. The third kappa shape index (κ3) is 80.7. The molecule has 7 heavy (non-hydrogen) atoms. The topological polar surface area (TPSA) is 0 Å². The highest BCUT2D eigenvalue weighted by atomic mass is 35.6. The molecule has 0 N–H and O–H groups in total. The predicted molar refractivity (Wildman–Crippen MR) is 45.1 cm³/mol. The molecule has 0 fully saturated rings. The van der Waals surface area contributed by atoms with Crippen LogP contribution in [0.5, 0.6) is 0 Å². The monoisotopic (exact) mass is 224 g/mol. The second-order valence-electron chi connectivity index (χ2n) is 0.247. The molecular weight excluding hydrogens is 224 g/mol. The summed E-state index contributed by atoms with van der Waals surface area (Å²) in [6, 6.07) is 0. The lowest BCUT2D eigenvalue weighted by atomic mass is 10.7. The summed E-state index contributed by atoms with van der Waals surface area (Å²) >= 11 is 14.4. The smallest absolute Gasteiger partial charge is 0.150 e. The lowest BCUT2D eigenvalue weighted by Crippen LogP contribution is -1.66. The van der Waals surface area contributed by atoms with Crippen LogP contribution in [-0.4, -0.2) is 4.96 Å². The van der Waals surface area contributed by atoms with E-state index < -0.39 is 4.96 Å². The highest BCUT2D eigenvalue weighted by Gasteiger charge is 1.91. The maximum Gasteiger partial charge on any atom is 0.450 e. The predicted octanol–water partition coefficient (Wildman–Crippen LogP) is 2.95. The molecule has 0 saturated carbocycles. The minimum Gasteiger partial charge on any atom is -0.150 e. The fraction of sp³-hybridized carbons (Fsp3) is 0. The van der Waals surface area contributed by atoms with Gasteiger partial charge in [-0.25, -0.2) is 0 Å². The zero-order chi connectivity index (χ0) is 3.58. The minimum atomic E-state index is -0.750. The normalized spacial score (nSPS) is 3.86. The first kappa shape index (κ1) is 23.2. The Balaban J connectivity index is -0.0000000150. The SMILES string of the molecule is Cl.Cl.Cl.ClB(Cl)Cl. The average Bonchev–Trinajstić information content (AvgIpc) is 0.811. The third-order valence-corrected chi connectivity index (χ3v) is 0. The quantitative estimate of drug-likeness (QED) is 0.557. The van der Waals surface area contributed by atoms with Crippen LogP contribution >= 0.6 is 71.6 Å². The van der Waals surface area contributed by atoms with Gasteiger partial charge in [-0.2, -0.15) is 34.4 Å². The van der Waals surface area contributed by atoms with Gasteiger partial charge in [-0.05, 0) is 0 Å². The van der Waals surface area contributed by atoms with E-state index in [1.807, 2.05) is 0 Å². The van der Waals surface area contributed by atoms with E-state index >= 15 is 0 Å². The van der Waals surface area contributed by atoms with Crippen LogP contribution in [0.25, 0.3) is 0 Å². The molecule has 0 aromatic rings. The molecular formula is H3BCl6. The van der Waals surface area contributed by atoms with Crippen molar-refractivity contribution in [2.45, 2.75) is 0 Å². The Morgan fingerprint density at radius 1 is 0.714 bits per heavy atom. The van der Waals surface area contributed by atoms with E-state index in [9.17, 15) is 0 Å². The molecule has 0 atom stereocenters. The van der Waals surface area contributed by atoms with Crippen molar-refractivity contribution in [1.29, 1.82) is 0 Å². The zero-order valence-electron chi connectivity index (χ0n) is 2.94. The van der Waals surface area contributed by atoms with E-state index in [-0.39, 0.29) is 37.2 Å². The molecule has 0 rings (SSSR count). The van der Waals surface area contributed by atoms with E-state index in [1.54, 1.807) is 0 Å². The van der Waals surface area contributed by atoms with Crippen molar-refractivity contribution in [3.63, 3.8) is 0 Å². The Hall–Kier alpha value is 1.80. The molecule has 0 aliphatic heterocycles. The first-order valence-corrected chi connectivity index (χ1v) is 1.96. The lowest BCUT2D eigenvalue weighted by Gasteiger charge is -1.61. The molecule has 0 aromatic carbocycles. The van der Waals surface area contributed by atoms with Gasteiger partial charge in [-0.15, -0.1) is 37.2 Å². The molecule has 0 aliphatic rings. The Kier molecular flexibility index (Phi) is 52.0. The molecule has 0 radical (unpaired) electrons. The first-order valence-electron chi connectivity index (χ1n) is 0.655. The van der Waals surface area contributed by atoms with Crippen molar-refractivity contribution in [3.8, 4) is 0 Å². The van der Waals surface area contributed by atoms with Crippen LogP contribution in [0.3, 0.4) is 0 Å². The number of rotatable bonds is 0. The van der Waals surface area contributed by atoms with Crippen molar-refractivity contribution in [2.75, 3.05) is 0 Å². The fourth-order valence-electron chi connectivity index (χ4n) is 0. The van der Waals surface area contributed by atoms with Gasteiger partial charge in [0, 0.05) is 0 Å². The van der Waals surface area contributed by atoms with Crippen LogP contribution in [0, 0.1) is 0 Å². The molecule has 0 nitrogen and oxygen atoms in total. The molecule has 0 bridgehead atoms. The maximum atomic E-state index is 4.81. The molecule has 0 unspecified atom stereocenters. The summed E-state index contributed by atoms with van der Waals surface area (Å²) in [5.74, 6) is 0. The maximum absolute atomic E-state index is 4.81. The Morgan fingerprint density at radius 3 is 0.714 bits per heavy atom. The van der Waals surface area contributed by atoms with Gasteiger partial charge in [0.25, 0.3) is 0 Å². The lowest BCUT2D eigenvalue weighted by molar-refractivity contribution is 4.07. The van der Waals surface area contributed by atoms with Gasteiger partial charge in [0.1, 0.15) is 0 Å². The third-order valence-electron chi connectivity index (χ3n) is 0. The summed E-state index contributed by atoms with van der Waals surface area (Å²) in [7, 11) is 0. The number of halogens is 6. The van der Waals surface area contributed by atoms with Crippen LogP contribution < -0.4 is 0 Å². The molecule has 0 aromatic heterocycles. The van der Waals surface area contributed by atoms with Gasteiger partial charge in [-0.1, -0.05) is 0 Å². The molecule has 48 valence electrons. The largest absolute Gasteiger partial charge is 0.450 e. The van der Waals surface area contributed by atoms with Crippen LogP contribution in [0.15, 0.2) is 0 Å². The van der Waals surface area contributed by atoms with Crippen LogP contribution in [0.4, 0.5) is 0 Å². The van der Waals surface area contributed by atoms with Crippen molar-refractivity contribution in [2.24, 2.45) is 0 Å². The van der Waals surface area contributed by atoms with Crippen LogP contribution in [0.2, 0.25) is 0 Å². The van der Waals surface area contributed by atoms with E-state index in [2.05, 4.69) is 0 Å². The van der Waals surface area contributed by atoms with Gasteiger partial charge in [0.05, 0.1) is 0 Å². The van der Waals surface area contributed by atoms with Crippen molar-refractivity contribution in [3.05, 3.63) is 0 Å². The highest BCUT2D eigenvalue weighted by Crippen LogP contribution is 1.97. The molecule has 0 saturated heterocycles. The molecule has 0 heterocycles. The van der Waals surface area contributed by atoms with E-state index in [1.165, 1.54) is 0 Å². The summed E-state index contributed by atoms with van der Waals surface area (Å²) in [5.41, 5.74) is 0. The summed E-state index contributed by atoms with van der Waals surface area (Å²) < 4.78 is 0. The molecule has 0 spiro atoms. The average molecular weight is 227 g/mol. The van der Waals surface area contributed by atoms with Gasteiger partial charge < -0.3 is 0 Å². The Labute approximate surface area is 76.3 Å². The standard InChI is InChI=1S/BCl3.3ClH/c2-1(3)4;;;/h;3*1H. The first-order chi connectivity index (χ1) is 1.73. The summed E-state index contributed by atoms with van der Waals surface area (Å²) in [5, 5.41) is 0. The summed E-state index contributed by atoms with van der Waals surface area (Å²) in [6.45, 7) is 0. The second kappa shape index (κ2) is 15.7. The van der Waals surface area contributed by atoms with Crippen LogP contribution in [-0.2, 0) is 0 Å². The zero-order valence-corrected chi connectivity index (χ0v) is 7.65. The fourth-order valence-corrected chi connectivity index (χ4v) is 0. The molecule has 0 amide bonds. The van der Waals surface area contributed by atoms with Crippen molar-refractivity contribution >= 4 is 76.6 Å². The molecule has 0 aliphatic carbocycles. The van der Waals surface area contributed by atoms with Crippen molar-refractivity contribution < 1.29 is 0 Å². The summed E-state index contributed by atoms with van der Waals surface area (Å²) in [6.07, 6.45) is 0. The van der Waals surface area contributed by atoms with E-state index in [0.29, 0.717) is 0 Å². The van der Waals surface area contributed by atoms with E-state index in [0.717, 1.165) is 0 Å². The van der Waals surface area contributed by atoms with E-state index in [4.69, 9.17) is 34.4 Å². The van der Waals surface area contributed by atoms with Gasteiger partial charge in [0.15, 0.2) is 0 Å². The molecule has 7 heteroatoms. The van der Waals surface area contributed by atoms with Gasteiger partial charge in [-0.3, -0.25) is 0 Å². The van der Waals surface area contributed by atoms with Crippen LogP contribution in [0.1, 0.15) is 0 Å². The number of hydrogen-bond donors (Lipinski definition) is 0.